The van der Waals surface area contributed by atoms with E-state index < -0.39 is 18.9 Å². The lowest BCUT2D eigenvalue weighted by Crippen LogP contribution is -2.33. The van der Waals surface area contributed by atoms with Gasteiger partial charge in [-0.25, -0.2) is 9.78 Å². The van der Waals surface area contributed by atoms with Gasteiger partial charge >= 0.3 is 12.3 Å². The molecule has 136 valence electrons. The second-order valence-electron chi connectivity index (χ2n) is 5.17. The molecule has 0 aliphatic rings. The van der Waals surface area contributed by atoms with Crippen LogP contribution in [-0.2, 0) is 16.0 Å². The average Bonchev–Trinajstić information content (AvgIpc) is 2.95. The summed E-state index contributed by atoms with van der Waals surface area (Å²) in [6.45, 7) is -1.44. The Morgan fingerprint density at radius 1 is 1.16 bits per heavy atom. The molecule has 10 heteroatoms. The number of imidazole rings is 1. The summed E-state index contributed by atoms with van der Waals surface area (Å²) in [5.41, 5.74) is 1.75. The highest BCUT2D eigenvalue weighted by atomic mass is 19.4. The number of halogens is 3. The molecule has 0 spiro atoms. The van der Waals surface area contributed by atoms with Gasteiger partial charge in [0, 0.05) is 25.9 Å². The molecule has 3 N–H and O–H groups in total. The van der Waals surface area contributed by atoms with Crippen molar-refractivity contribution in [1.82, 2.24) is 20.6 Å². The monoisotopic (exact) mass is 358 g/mol. The number of alkyl halides is 3. The zero-order chi connectivity index (χ0) is 18.3. The van der Waals surface area contributed by atoms with Gasteiger partial charge in [-0.2, -0.15) is 13.2 Å². The number of carbonyl (C=O) groups is 2. The summed E-state index contributed by atoms with van der Waals surface area (Å²) in [5.74, 6) is 0.391. The SMILES string of the molecule is O=C(CCNC(=O)OCC(F)(F)F)NCCc1nc2ccccc2[nH]1. The Labute approximate surface area is 140 Å². The van der Waals surface area contributed by atoms with Gasteiger partial charge in [0.25, 0.3) is 0 Å². The molecular formula is C15H17F3N4O3. The number of carbonyl (C=O) groups excluding carboxylic acids is 2. The minimum atomic E-state index is -4.58. The minimum absolute atomic E-state index is 0.0682. The van der Waals surface area contributed by atoms with Crippen LogP contribution in [0.3, 0.4) is 0 Å². The van der Waals surface area contributed by atoms with E-state index in [1.807, 2.05) is 24.3 Å². The van der Waals surface area contributed by atoms with Gasteiger partial charge < -0.3 is 20.4 Å². The molecule has 0 atom stereocenters. The molecule has 0 fully saturated rings. The molecule has 2 amide bonds. The minimum Gasteiger partial charge on any atom is -0.440 e. The van der Waals surface area contributed by atoms with Crippen molar-refractivity contribution in [3.05, 3.63) is 30.1 Å². The number of amides is 2. The van der Waals surface area contributed by atoms with Crippen molar-refractivity contribution in [1.29, 1.82) is 0 Å². The lowest BCUT2D eigenvalue weighted by Gasteiger charge is -2.09. The van der Waals surface area contributed by atoms with Gasteiger partial charge in [0.1, 0.15) is 5.82 Å². The first kappa shape index (κ1) is 18.6. The molecule has 1 aromatic heterocycles. The lowest BCUT2D eigenvalue weighted by atomic mass is 10.3. The van der Waals surface area contributed by atoms with Crippen LogP contribution in [0.15, 0.2) is 24.3 Å². The van der Waals surface area contributed by atoms with E-state index in [4.69, 9.17) is 0 Å². The number of aromatic amines is 1. The number of alkyl carbamates (subject to hydrolysis) is 1. The predicted molar refractivity (Wildman–Crippen MR) is 82.8 cm³/mol. The first-order chi connectivity index (χ1) is 11.8. The first-order valence-electron chi connectivity index (χ1n) is 7.51. The summed E-state index contributed by atoms with van der Waals surface area (Å²) >= 11 is 0. The van der Waals surface area contributed by atoms with E-state index in [0.717, 1.165) is 16.9 Å². The van der Waals surface area contributed by atoms with Gasteiger partial charge in [0.05, 0.1) is 11.0 Å². The van der Waals surface area contributed by atoms with Crippen LogP contribution in [-0.4, -0.2) is 47.8 Å². The van der Waals surface area contributed by atoms with Crippen LogP contribution in [0.4, 0.5) is 18.0 Å². The number of nitrogens with zero attached hydrogens (tertiary/aromatic N) is 1. The molecule has 7 nitrogen and oxygen atoms in total. The molecule has 1 aromatic carbocycles. The summed E-state index contributed by atoms with van der Waals surface area (Å²) < 4.78 is 39.4. The summed E-state index contributed by atoms with van der Waals surface area (Å²) in [7, 11) is 0. The number of hydrogen-bond acceptors (Lipinski definition) is 4. The number of nitrogens with one attached hydrogen (secondary N) is 3. The summed E-state index contributed by atoms with van der Waals surface area (Å²) in [6.07, 6.45) is -5.36. The van der Waals surface area contributed by atoms with Crippen LogP contribution < -0.4 is 10.6 Å². The van der Waals surface area contributed by atoms with E-state index in [0.29, 0.717) is 13.0 Å². The molecular weight excluding hydrogens is 341 g/mol. The molecule has 0 saturated heterocycles. The van der Waals surface area contributed by atoms with E-state index in [1.54, 1.807) is 0 Å². The second kappa shape index (κ2) is 8.36. The fourth-order valence-electron chi connectivity index (χ4n) is 2.01. The van der Waals surface area contributed by atoms with Crippen LogP contribution in [0.25, 0.3) is 11.0 Å². The Morgan fingerprint density at radius 2 is 1.92 bits per heavy atom. The number of aromatic nitrogens is 2. The average molecular weight is 358 g/mol. The summed E-state index contributed by atoms with van der Waals surface area (Å²) in [6, 6.07) is 7.53. The van der Waals surface area contributed by atoms with Crippen molar-refractivity contribution in [2.75, 3.05) is 19.7 Å². The zero-order valence-electron chi connectivity index (χ0n) is 13.2. The number of fused-ring (bicyclic) bond motifs is 1. The van der Waals surface area contributed by atoms with Crippen molar-refractivity contribution >= 4 is 23.0 Å². The van der Waals surface area contributed by atoms with Gasteiger partial charge in [-0.1, -0.05) is 12.1 Å². The molecule has 0 aliphatic heterocycles. The molecule has 0 saturated carbocycles. The third-order valence-corrected chi connectivity index (χ3v) is 3.11. The molecule has 0 unspecified atom stereocenters. The van der Waals surface area contributed by atoms with Gasteiger partial charge in [-0.15, -0.1) is 0 Å². The standard InChI is InChI=1S/C15H17F3N4O3/c16-15(17,18)9-25-14(24)20-8-6-13(23)19-7-5-12-21-10-3-1-2-4-11(10)22-12/h1-4H,5-9H2,(H,19,23)(H,20,24)(H,21,22). The van der Waals surface area contributed by atoms with E-state index in [9.17, 15) is 22.8 Å². The Balaban J connectivity index is 1.60. The van der Waals surface area contributed by atoms with Crippen molar-refractivity contribution in [3.8, 4) is 0 Å². The van der Waals surface area contributed by atoms with Gasteiger partial charge in [0.2, 0.25) is 5.91 Å². The predicted octanol–water partition coefficient (Wildman–Crippen LogP) is 1.90. The number of benzene rings is 1. The highest BCUT2D eigenvalue weighted by Crippen LogP contribution is 2.14. The molecule has 0 bridgehead atoms. The van der Waals surface area contributed by atoms with Crippen LogP contribution in [0, 0.1) is 0 Å². The molecule has 2 rings (SSSR count). The third-order valence-electron chi connectivity index (χ3n) is 3.11. The van der Waals surface area contributed by atoms with E-state index in [1.165, 1.54) is 0 Å². The summed E-state index contributed by atoms with van der Waals surface area (Å²) in [4.78, 5) is 30.1. The fraction of sp³-hybridized carbons (Fsp3) is 0.400. The van der Waals surface area contributed by atoms with Gasteiger partial charge in [0.15, 0.2) is 6.61 Å². The molecule has 1 heterocycles. The molecule has 0 radical (unpaired) electrons. The first-order valence-corrected chi connectivity index (χ1v) is 7.51. The fourth-order valence-corrected chi connectivity index (χ4v) is 2.01. The second-order valence-corrected chi connectivity index (χ2v) is 5.17. The number of rotatable bonds is 7. The molecule has 0 aliphatic carbocycles. The van der Waals surface area contributed by atoms with Gasteiger partial charge in [-0.3, -0.25) is 4.79 Å². The van der Waals surface area contributed by atoms with Crippen molar-refractivity contribution < 1.29 is 27.5 Å². The Hall–Kier alpha value is -2.78. The quantitative estimate of drug-likeness (QED) is 0.704. The highest BCUT2D eigenvalue weighted by Gasteiger charge is 2.29. The smallest absolute Gasteiger partial charge is 0.422 e. The third kappa shape index (κ3) is 6.69. The van der Waals surface area contributed by atoms with Crippen molar-refractivity contribution in [2.24, 2.45) is 0 Å². The lowest BCUT2D eigenvalue weighted by molar-refractivity contribution is -0.160. The summed E-state index contributed by atoms with van der Waals surface area (Å²) in [5, 5.41) is 4.71. The Kier molecular flexibility index (Phi) is 6.20. The number of ether oxygens (including phenoxy) is 1. The number of hydrogen-bond donors (Lipinski definition) is 3. The Morgan fingerprint density at radius 3 is 2.64 bits per heavy atom. The molecule has 25 heavy (non-hydrogen) atoms. The van der Waals surface area contributed by atoms with E-state index in [2.05, 4.69) is 25.3 Å². The van der Waals surface area contributed by atoms with E-state index in [-0.39, 0.29) is 18.9 Å². The Bertz CT molecular complexity index is 697. The van der Waals surface area contributed by atoms with Crippen LogP contribution in [0.2, 0.25) is 0 Å². The maximum Gasteiger partial charge on any atom is 0.422 e. The number of para-hydroxylation sites is 2. The maximum absolute atomic E-state index is 11.8. The highest BCUT2D eigenvalue weighted by molar-refractivity contribution is 5.77. The normalized spacial score (nSPS) is 11.3. The van der Waals surface area contributed by atoms with Crippen LogP contribution >= 0.6 is 0 Å². The topological polar surface area (TPSA) is 96.1 Å². The van der Waals surface area contributed by atoms with Gasteiger partial charge in [-0.05, 0) is 12.1 Å². The van der Waals surface area contributed by atoms with Crippen LogP contribution in [0.5, 0.6) is 0 Å². The van der Waals surface area contributed by atoms with Crippen LogP contribution in [0.1, 0.15) is 12.2 Å². The van der Waals surface area contributed by atoms with Crippen molar-refractivity contribution in [3.63, 3.8) is 0 Å². The number of H-pyrrole nitrogens is 1. The van der Waals surface area contributed by atoms with Crippen molar-refractivity contribution in [2.45, 2.75) is 19.0 Å². The van der Waals surface area contributed by atoms with E-state index >= 15 is 0 Å². The zero-order valence-corrected chi connectivity index (χ0v) is 13.2. The maximum atomic E-state index is 11.8. The largest absolute Gasteiger partial charge is 0.440 e. The molecule has 2 aromatic rings.